The molecule has 0 aliphatic rings. The smallest absolute Gasteiger partial charge is 0.360 e. The van der Waals surface area contributed by atoms with Crippen molar-refractivity contribution in [2.24, 2.45) is 0 Å². The molecule has 6 heteroatoms. The van der Waals surface area contributed by atoms with E-state index < -0.39 is 5.97 Å². The Hall–Kier alpha value is -2.76. The minimum atomic E-state index is -0.489. The molecule has 0 atom stereocenters. The van der Waals surface area contributed by atoms with E-state index in [4.69, 9.17) is 0 Å². The third-order valence-corrected chi connectivity index (χ3v) is 3.20. The van der Waals surface area contributed by atoms with E-state index in [0.29, 0.717) is 6.54 Å². The molecule has 0 bridgehead atoms. The van der Waals surface area contributed by atoms with Gasteiger partial charge in [0.2, 0.25) is 0 Å². The average Bonchev–Trinajstić information content (AvgIpc) is 2.95. The Kier molecular flexibility index (Phi) is 3.35. The van der Waals surface area contributed by atoms with Gasteiger partial charge in [-0.3, -0.25) is 4.98 Å². The number of hydrogen-bond donors (Lipinski definition) is 0. The third-order valence-electron chi connectivity index (χ3n) is 3.20. The van der Waals surface area contributed by atoms with Crippen LogP contribution in [0.3, 0.4) is 0 Å². The van der Waals surface area contributed by atoms with E-state index in [2.05, 4.69) is 20.0 Å². The number of pyridine rings is 1. The van der Waals surface area contributed by atoms with Crippen molar-refractivity contribution in [3.8, 4) is 0 Å². The van der Waals surface area contributed by atoms with Gasteiger partial charge in [-0.1, -0.05) is 23.4 Å². The van der Waals surface area contributed by atoms with Gasteiger partial charge in [0.05, 0.1) is 25.4 Å². The highest BCUT2D eigenvalue weighted by Gasteiger charge is 2.11. The number of carbonyl (C=O) groups is 1. The summed E-state index contributed by atoms with van der Waals surface area (Å²) in [6.45, 7) is 2.48. The number of ether oxygens (including phenoxy) is 1. The van der Waals surface area contributed by atoms with Crippen LogP contribution in [-0.4, -0.2) is 33.1 Å². The summed E-state index contributed by atoms with van der Waals surface area (Å²) in [6.07, 6.45) is 1.58. The molecule has 0 amide bonds. The maximum absolute atomic E-state index is 11.4. The molecular formula is C15H14N4O2. The molecule has 0 aliphatic carbocycles. The van der Waals surface area contributed by atoms with Crippen LogP contribution in [0.1, 0.15) is 21.7 Å². The lowest BCUT2D eigenvalue weighted by Gasteiger charge is -2.07. The number of fused-ring (bicyclic) bond motifs is 1. The Bertz CT molecular complexity index is 810. The van der Waals surface area contributed by atoms with Crippen molar-refractivity contribution in [1.29, 1.82) is 0 Å². The summed E-state index contributed by atoms with van der Waals surface area (Å²) in [5.41, 5.74) is 3.17. The molecule has 0 saturated carbocycles. The van der Waals surface area contributed by atoms with Crippen molar-refractivity contribution in [1.82, 2.24) is 20.0 Å². The number of aryl methyl sites for hydroxylation is 1. The van der Waals surface area contributed by atoms with Crippen molar-refractivity contribution in [3.63, 3.8) is 0 Å². The van der Waals surface area contributed by atoms with E-state index >= 15 is 0 Å². The van der Waals surface area contributed by atoms with Crippen LogP contribution in [0.4, 0.5) is 0 Å². The number of hydrogen-bond acceptors (Lipinski definition) is 5. The standard InChI is InChI=1S/C15H14N4O2/c1-10-7-11(12-5-3-4-6-13(12)16-10)8-19-9-14(17-18-19)15(20)21-2/h3-7,9H,8H2,1-2H3. The van der Waals surface area contributed by atoms with Crippen LogP contribution >= 0.6 is 0 Å². The van der Waals surface area contributed by atoms with Crippen molar-refractivity contribution in [3.05, 3.63) is 53.5 Å². The Morgan fingerprint density at radius 2 is 2.14 bits per heavy atom. The molecule has 2 heterocycles. The SMILES string of the molecule is COC(=O)c1cn(Cc2cc(C)nc3ccccc23)nn1. The van der Waals surface area contributed by atoms with Crippen LogP contribution in [0.15, 0.2) is 36.5 Å². The van der Waals surface area contributed by atoms with Gasteiger partial charge in [-0.2, -0.15) is 0 Å². The van der Waals surface area contributed by atoms with Gasteiger partial charge < -0.3 is 4.74 Å². The zero-order chi connectivity index (χ0) is 14.8. The second-order valence-electron chi connectivity index (χ2n) is 4.73. The lowest BCUT2D eigenvalue weighted by Crippen LogP contribution is -2.03. The fraction of sp³-hybridized carbons (Fsp3) is 0.200. The van der Waals surface area contributed by atoms with E-state index in [1.54, 1.807) is 10.9 Å². The molecule has 21 heavy (non-hydrogen) atoms. The number of aromatic nitrogens is 4. The number of carbonyl (C=O) groups excluding carboxylic acids is 1. The fourth-order valence-electron chi connectivity index (χ4n) is 2.27. The second-order valence-corrected chi connectivity index (χ2v) is 4.73. The summed E-state index contributed by atoms with van der Waals surface area (Å²) in [5, 5.41) is 8.84. The van der Waals surface area contributed by atoms with Gasteiger partial charge in [-0.05, 0) is 24.6 Å². The van der Waals surface area contributed by atoms with Crippen LogP contribution in [-0.2, 0) is 11.3 Å². The maximum atomic E-state index is 11.4. The molecule has 0 radical (unpaired) electrons. The van der Waals surface area contributed by atoms with Crippen molar-refractivity contribution >= 4 is 16.9 Å². The Morgan fingerprint density at radius 3 is 2.95 bits per heavy atom. The van der Waals surface area contributed by atoms with E-state index in [9.17, 15) is 4.79 Å². The van der Waals surface area contributed by atoms with Gasteiger partial charge in [0, 0.05) is 11.1 Å². The first-order valence-corrected chi connectivity index (χ1v) is 6.51. The normalized spacial score (nSPS) is 10.8. The first-order valence-electron chi connectivity index (χ1n) is 6.51. The molecule has 0 unspecified atom stereocenters. The molecule has 0 aliphatic heterocycles. The quantitative estimate of drug-likeness (QED) is 0.687. The predicted octanol–water partition coefficient (Wildman–Crippen LogP) is 1.97. The topological polar surface area (TPSA) is 69.9 Å². The largest absolute Gasteiger partial charge is 0.464 e. The highest BCUT2D eigenvalue weighted by atomic mass is 16.5. The summed E-state index contributed by atoms with van der Waals surface area (Å²) < 4.78 is 6.24. The number of para-hydroxylation sites is 1. The summed E-state index contributed by atoms with van der Waals surface area (Å²) in [7, 11) is 1.32. The van der Waals surface area contributed by atoms with E-state index in [1.807, 2.05) is 37.3 Å². The lowest BCUT2D eigenvalue weighted by atomic mass is 10.1. The Balaban J connectivity index is 1.98. The highest BCUT2D eigenvalue weighted by Crippen LogP contribution is 2.19. The van der Waals surface area contributed by atoms with Crippen LogP contribution < -0.4 is 0 Å². The van der Waals surface area contributed by atoms with Gasteiger partial charge in [0.15, 0.2) is 5.69 Å². The van der Waals surface area contributed by atoms with E-state index in [0.717, 1.165) is 22.2 Å². The number of methoxy groups -OCH3 is 1. The first kappa shape index (κ1) is 13.2. The minimum absolute atomic E-state index is 0.201. The molecule has 6 nitrogen and oxygen atoms in total. The molecule has 3 rings (SSSR count). The zero-order valence-corrected chi connectivity index (χ0v) is 11.8. The summed E-state index contributed by atoms with van der Waals surface area (Å²) in [6, 6.07) is 9.96. The van der Waals surface area contributed by atoms with Gasteiger partial charge in [-0.25, -0.2) is 9.48 Å². The van der Waals surface area contributed by atoms with E-state index in [1.165, 1.54) is 7.11 Å². The van der Waals surface area contributed by atoms with Gasteiger partial charge in [-0.15, -0.1) is 5.10 Å². The second kappa shape index (κ2) is 5.32. The molecular weight excluding hydrogens is 268 g/mol. The van der Waals surface area contributed by atoms with Gasteiger partial charge >= 0.3 is 5.97 Å². The molecule has 0 spiro atoms. The van der Waals surface area contributed by atoms with Crippen molar-refractivity contribution < 1.29 is 9.53 Å². The minimum Gasteiger partial charge on any atom is -0.464 e. The fourth-order valence-corrected chi connectivity index (χ4v) is 2.27. The van der Waals surface area contributed by atoms with Gasteiger partial charge in [0.1, 0.15) is 0 Å². The Morgan fingerprint density at radius 1 is 1.33 bits per heavy atom. The number of rotatable bonds is 3. The number of benzene rings is 1. The molecule has 106 valence electrons. The number of nitrogens with zero attached hydrogens (tertiary/aromatic N) is 4. The monoisotopic (exact) mass is 282 g/mol. The highest BCUT2D eigenvalue weighted by molar-refractivity contribution is 5.86. The third kappa shape index (κ3) is 2.60. The van der Waals surface area contributed by atoms with Crippen molar-refractivity contribution in [2.45, 2.75) is 13.5 Å². The summed E-state index contributed by atoms with van der Waals surface area (Å²) >= 11 is 0. The summed E-state index contributed by atoms with van der Waals surface area (Å²) in [5.74, 6) is -0.489. The van der Waals surface area contributed by atoms with Gasteiger partial charge in [0.25, 0.3) is 0 Å². The van der Waals surface area contributed by atoms with Crippen LogP contribution in [0.25, 0.3) is 10.9 Å². The molecule has 0 fully saturated rings. The lowest BCUT2D eigenvalue weighted by molar-refractivity contribution is 0.0594. The van der Waals surface area contributed by atoms with Crippen LogP contribution in [0.2, 0.25) is 0 Å². The zero-order valence-electron chi connectivity index (χ0n) is 11.8. The molecule has 1 aromatic carbocycles. The Labute approximate surface area is 121 Å². The maximum Gasteiger partial charge on any atom is 0.360 e. The number of esters is 1. The molecule has 0 N–H and O–H groups in total. The van der Waals surface area contributed by atoms with Crippen LogP contribution in [0.5, 0.6) is 0 Å². The molecule has 0 saturated heterocycles. The predicted molar refractivity (Wildman–Crippen MR) is 76.9 cm³/mol. The average molecular weight is 282 g/mol. The molecule has 2 aromatic heterocycles. The summed E-state index contributed by atoms with van der Waals surface area (Å²) in [4.78, 5) is 15.9. The van der Waals surface area contributed by atoms with Crippen molar-refractivity contribution in [2.75, 3.05) is 7.11 Å². The first-order chi connectivity index (χ1) is 10.2. The molecule has 3 aromatic rings. The van der Waals surface area contributed by atoms with E-state index in [-0.39, 0.29) is 5.69 Å². The van der Waals surface area contributed by atoms with Crippen LogP contribution in [0, 0.1) is 6.92 Å².